The molecule has 0 bridgehead atoms. The maximum absolute atomic E-state index is 13.9. The van der Waals surface area contributed by atoms with Gasteiger partial charge in [-0.15, -0.1) is 11.3 Å². The van der Waals surface area contributed by atoms with Crippen molar-refractivity contribution in [2.45, 2.75) is 90.6 Å². The number of methoxy groups -OCH3 is 1. The average Bonchev–Trinajstić information content (AvgIpc) is 3.95. The van der Waals surface area contributed by atoms with E-state index < -0.39 is 11.4 Å². The quantitative estimate of drug-likeness (QED) is 0.104. The Bertz CT molecular complexity index is 2030. The number of carboxylic acids is 1. The molecule has 0 saturated heterocycles. The minimum atomic E-state index is -0.991. The summed E-state index contributed by atoms with van der Waals surface area (Å²) in [4.78, 5) is 67.1. The highest BCUT2D eigenvalue weighted by atomic mass is 32.1. The van der Waals surface area contributed by atoms with Gasteiger partial charge in [-0.2, -0.15) is 0 Å². The Labute approximate surface area is 319 Å². The molecule has 1 heterocycles. The van der Waals surface area contributed by atoms with E-state index in [2.05, 4.69) is 10.6 Å². The number of rotatable bonds is 15. The van der Waals surface area contributed by atoms with Gasteiger partial charge >= 0.3 is 11.9 Å². The van der Waals surface area contributed by atoms with Gasteiger partial charge in [0.25, 0.3) is 11.8 Å². The third-order valence-electron chi connectivity index (χ3n) is 10.3. The van der Waals surface area contributed by atoms with Crippen molar-refractivity contribution in [3.8, 4) is 0 Å². The molecule has 2 aliphatic carbocycles. The lowest BCUT2D eigenvalue weighted by Crippen LogP contribution is -2.34. The van der Waals surface area contributed by atoms with Gasteiger partial charge in [-0.3, -0.25) is 19.2 Å². The molecule has 11 heteroatoms. The molecule has 1 saturated carbocycles. The summed E-state index contributed by atoms with van der Waals surface area (Å²) in [7, 11) is 1.36. The topological polar surface area (TPSA) is 142 Å². The van der Waals surface area contributed by atoms with Gasteiger partial charge in [0.2, 0.25) is 5.91 Å². The zero-order chi connectivity index (χ0) is 38.4. The number of hydrogen-bond acceptors (Lipinski definition) is 7. The van der Waals surface area contributed by atoms with E-state index in [4.69, 9.17) is 4.74 Å². The fourth-order valence-electron chi connectivity index (χ4n) is 6.72. The van der Waals surface area contributed by atoms with Crippen LogP contribution in [0.1, 0.15) is 111 Å². The molecule has 2 aliphatic rings. The fourth-order valence-corrected chi connectivity index (χ4v) is 8.00. The van der Waals surface area contributed by atoms with Crippen molar-refractivity contribution in [2.75, 3.05) is 17.7 Å². The first kappa shape index (κ1) is 38.4. The van der Waals surface area contributed by atoms with Crippen molar-refractivity contribution in [3.05, 3.63) is 117 Å². The van der Waals surface area contributed by atoms with Crippen LogP contribution in [0.5, 0.6) is 0 Å². The summed E-state index contributed by atoms with van der Waals surface area (Å²) < 4.78 is 4.77. The molecule has 0 unspecified atom stereocenters. The van der Waals surface area contributed by atoms with E-state index in [1.54, 1.807) is 44.2 Å². The zero-order valence-corrected chi connectivity index (χ0v) is 31.9. The van der Waals surface area contributed by atoms with Gasteiger partial charge in [-0.25, -0.2) is 4.79 Å². The Kier molecular flexibility index (Phi) is 12.0. The Morgan fingerprint density at radius 3 is 2.15 bits per heavy atom. The van der Waals surface area contributed by atoms with Crippen LogP contribution in [0.3, 0.4) is 0 Å². The number of carbonyl (C=O) groups excluding carboxylic acids is 4. The van der Waals surface area contributed by atoms with Crippen LogP contribution in [-0.2, 0) is 46.6 Å². The number of benzene rings is 3. The summed E-state index contributed by atoms with van der Waals surface area (Å²) in [6.45, 7) is 3.59. The molecule has 4 aromatic rings. The number of fused-ring (bicyclic) bond motifs is 1. The van der Waals surface area contributed by atoms with E-state index in [0.717, 1.165) is 78.5 Å². The van der Waals surface area contributed by atoms with E-state index in [1.807, 2.05) is 47.4 Å². The van der Waals surface area contributed by atoms with Crippen molar-refractivity contribution in [1.29, 1.82) is 0 Å². The zero-order valence-electron chi connectivity index (χ0n) is 31.0. The normalized spacial score (nSPS) is 13.8. The number of hydrogen-bond donors (Lipinski definition) is 3. The first-order valence-corrected chi connectivity index (χ1v) is 19.4. The highest BCUT2D eigenvalue weighted by molar-refractivity contribution is 7.17. The highest BCUT2D eigenvalue weighted by Crippen LogP contribution is 2.39. The van der Waals surface area contributed by atoms with Crippen LogP contribution in [0.4, 0.5) is 10.7 Å². The number of carbonyl (C=O) groups is 5. The van der Waals surface area contributed by atoms with Crippen molar-refractivity contribution >= 4 is 51.7 Å². The number of aliphatic carboxylic acids is 1. The summed E-state index contributed by atoms with van der Waals surface area (Å²) in [5.74, 6) is -1.96. The maximum Gasteiger partial charge on any atom is 0.337 e. The van der Waals surface area contributed by atoms with Crippen LogP contribution < -0.4 is 10.6 Å². The number of amides is 3. The molecule has 0 radical (unpaired) electrons. The first-order valence-electron chi connectivity index (χ1n) is 18.6. The van der Waals surface area contributed by atoms with Gasteiger partial charge in [-0.1, -0.05) is 36.4 Å². The molecule has 6 rings (SSSR count). The Morgan fingerprint density at radius 1 is 0.833 bits per heavy atom. The first-order chi connectivity index (χ1) is 25.9. The van der Waals surface area contributed by atoms with Gasteiger partial charge in [0.05, 0.1) is 23.7 Å². The molecule has 3 N–H and O–H groups in total. The standard InChI is InChI=1S/C43H47N3O7S/c1-43(2,42(51)52)24-23-36(47)46(33-21-22-33)26-29-7-6-8-31(25-29)38(48)45-40-37(34-9-4-5-10-35(34)54-40)39(49)44-32-19-15-28(16-20-32)12-11-27-13-17-30(18-14-27)41(50)53-3/h6-8,13-20,25,33H,4-5,9-12,21-24,26H2,1-3H3,(H,44,49)(H,45,48)(H,51,52). The van der Waals surface area contributed by atoms with E-state index >= 15 is 0 Å². The molecule has 282 valence electrons. The fraction of sp³-hybridized carbons (Fsp3) is 0.372. The predicted molar refractivity (Wildman–Crippen MR) is 209 cm³/mol. The molecule has 0 atom stereocenters. The third-order valence-corrected chi connectivity index (χ3v) is 11.5. The summed E-state index contributed by atoms with van der Waals surface area (Å²) in [5, 5.41) is 16.1. The molecule has 0 aliphatic heterocycles. The van der Waals surface area contributed by atoms with Gasteiger partial charge in [0.15, 0.2) is 0 Å². The van der Waals surface area contributed by atoms with Crippen LogP contribution >= 0.6 is 11.3 Å². The summed E-state index contributed by atoms with van der Waals surface area (Å²) in [6.07, 6.45) is 7.43. The van der Waals surface area contributed by atoms with Crippen molar-refractivity contribution < 1.29 is 33.8 Å². The van der Waals surface area contributed by atoms with Crippen LogP contribution in [0.15, 0.2) is 72.8 Å². The summed E-state index contributed by atoms with van der Waals surface area (Å²) in [5.41, 5.74) is 5.14. The van der Waals surface area contributed by atoms with Crippen LogP contribution in [0.2, 0.25) is 0 Å². The molecule has 1 aromatic heterocycles. The highest BCUT2D eigenvalue weighted by Gasteiger charge is 2.35. The average molecular weight is 750 g/mol. The van der Waals surface area contributed by atoms with Gasteiger partial charge < -0.3 is 25.4 Å². The second-order valence-electron chi connectivity index (χ2n) is 14.9. The minimum Gasteiger partial charge on any atom is -0.481 e. The molecule has 0 spiro atoms. The molecule has 10 nitrogen and oxygen atoms in total. The SMILES string of the molecule is COC(=O)c1ccc(CCc2ccc(NC(=O)c3c(NC(=O)c4cccc(CN(C(=O)CCC(C)(C)C(=O)O)C5CC5)c4)sc4c3CCCC4)cc2)cc1. The van der Waals surface area contributed by atoms with Crippen molar-refractivity contribution in [1.82, 2.24) is 4.90 Å². The minimum absolute atomic E-state index is 0.0833. The van der Waals surface area contributed by atoms with Crippen molar-refractivity contribution in [3.63, 3.8) is 0 Å². The van der Waals surface area contributed by atoms with Gasteiger partial charge in [0.1, 0.15) is 5.00 Å². The maximum atomic E-state index is 13.9. The van der Waals surface area contributed by atoms with Crippen LogP contribution in [-0.4, -0.2) is 52.8 Å². The monoisotopic (exact) mass is 749 g/mol. The Balaban J connectivity index is 1.11. The number of nitrogens with zero attached hydrogens (tertiary/aromatic N) is 1. The number of ether oxygens (including phenoxy) is 1. The third kappa shape index (κ3) is 9.43. The van der Waals surface area contributed by atoms with E-state index in [9.17, 15) is 29.1 Å². The predicted octanol–water partition coefficient (Wildman–Crippen LogP) is 8.09. The Morgan fingerprint density at radius 2 is 1.50 bits per heavy atom. The molecule has 54 heavy (non-hydrogen) atoms. The molecular formula is C43H47N3O7S. The van der Waals surface area contributed by atoms with Crippen LogP contribution in [0, 0.1) is 5.41 Å². The summed E-state index contributed by atoms with van der Waals surface area (Å²) >= 11 is 1.46. The second kappa shape index (κ2) is 16.8. The summed E-state index contributed by atoms with van der Waals surface area (Å²) in [6, 6.07) is 22.5. The van der Waals surface area contributed by atoms with Gasteiger partial charge in [-0.05, 0) is 130 Å². The molecule has 3 aromatic carbocycles. The van der Waals surface area contributed by atoms with E-state index in [-0.39, 0.29) is 42.6 Å². The molecular weight excluding hydrogens is 703 g/mol. The largest absolute Gasteiger partial charge is 0.481 e. The number of thiophene rings is 1. The van der Waals surface area contributed by atoms with E-state index in [1.165, 1.54) is 18.4 Å². The smallest absolute Gasteiger partial charge is 0.337 e. The number of aryl methyl sites for hydroxylation is 3. The lowest BCUT2D eigenvalue weighted by molar-refractivity contribution is -0.147. The van der Waals surface area contributed by atoms with Crippen LogP contribution in [0.25, 0.3) is 0 Å². The van der Waals surface area contributed by atoms with Crippen molar-refractivity contribution in [2.24, 2.45) is 5.41 Å². The second-order valence-corrected chi connectivity index (χ2v) is 16.0. The number of anilines is 2. The lowest BCUT2D eigenvalue weighted by Gasteiger charge is -2.25. The lowest BCUT2D eigenvalue weighted by atomic mass is 9.88. The molecule has 1 fully saturated rings. The number of nitrogens with one attached hydrogen (secondary N) is 2. The molecule has 3 amide bonds. The Hall–Kier alpha value is -5.29. The number of carboxylic acid groups (broad SMARTS) is 1. The van der Waals surface area contributed by atoms with E-state index in [0.29, 0.717) is 33.9 Å². The van der Waals surface area contributed by atoms with Gasteiger partial charge in [0, 0.05) is 35.1 Å². The number of esters is 1.